The van der Waals surface area contributed by atoms with Crippen LogP contribution in [0.2, 0.25) is 0 Å². The van der Waals surface area contributed by atoms with E-state index < -0.39 is 0 Å². The van der Waals surface area contributed by atoms with Crippen molar-refractivity contribution in [1.29, 1.82) is 0 Å². The number of pyridine rings is 1. The number of carbonyl (C=O) groups excluding carboxylic acids is 1. The smallest absolute Gasteiger partial charge is 0.256 e. The summed E-state index contributed by atoms with van der Waals surface area (Å²) in [5.74, 6) is 3.75. The summed E-state index contributed by atoms with van der Waals surface area (Å²) in [5, 5.41) is 2.95. The highest BCUT2D eigenvalue weighted by Crippen LogP contribution is 2.40. The van der Waals surface area contributed by atoms with Gasteiger partial charge in [-0.2, -0.15) is 0 Å². The lowest BCUT2D eigenvalue weighted by Gasteiger charge is -2.33. The van der Waals surface area contributed by atoms with E-state index in [1.807, 2.05) is 42.6 Å². The average Bonchev–Trinajstić information content (AvgIpc) is 3.57. The van der Waals surface area contributed by atoms with Crippen LogP contribution in [0.3, 0.4) is 0 Å². The molecule has 0 spiro atoms. The second kappa shape index (κ2) is 10.7. The van der Waals surface area contributed by atoms with Crippen molar-refractivity contribution < 1.29 is 4.79 Å². The van der Waals surface area contributed by atoms with Crippen molar-refractivity contribution in [2.45, 2.75) is 63.2 Å². The zero-order valence-electron chi connectivity index (χ0n) is 22.9. The van der Waals surface area contributed by atoms with Gasteiger partial charge in [-0.1, -0.05) is 25.0 Å². The van der Waals surface area contributed by atoms with Crippen LogP contribution in [0, 0.1) is 5.92 Å². The number of benzene rings is 1. The molecular formula is C32H37N7O. The minimum atomic E-state index is -0.173. The Kier molecular flexibility index (Phi) is 6.71. The lowest BCUT2D eigenvalue weighted by molar-refractivity contribution is 0.102. The molecule has 4 heterocycles. The fourth-order valence-corrected chi connectivity index (χ4v) is 6.72. The third kappa shape index (κ3) is 5.08. The van der Waals surface area contributed by atoms with E-state index in [-0.39, 0.29) is 5.91 Å². The van der Waals surface area contributed by atoms with Crippen LogP contribution in [0.4, 0.5) is 11.6 Å². The Morgan fingerprint density at radius 1 is 0.950 bits per heavy atom. The summed E-state index contributed by atoms with van der Waals surface area (Å²) >= 11 is 0. The van der Waals surface area contributed by atoms with E-state index in [9.17, 15) is 4.79 Å². The number of amides is 1. The fourth-order valence-electron chi connectivity index (χ4n) is 6.72. The Morgan fingerprint density at radius 3 is 2.58 bits per heavy atom. The molecule has 1 atom stereocenters. The number of hydrogen-bond donors (Lipinski definition) is 2. The lowest BCUT2D eigenvalue weighted by atomic mass is 9.95. The molecule has 1 saturated heterocycles. The lowest BCUT2D eigenvalue weighted by Crippen LogP contribution is -2.37. The standard InChI is InChI=1S/C32H37N7O/c33-30-29-28(23-9-11-24(12-10-23)32(40)36-27-18-25(13-14-34-27)22-7-8-22)37-31(39(29)17-15-35-30)26-6-3-16-38(20-26)19-21-4-1-2-5-21/h9-15,17-18,21-22,26H,1-8,16,19-20H2,(H2,33,35)(H,34,36,40)/t26-/m1/s1. The molecule has 206 valence electrons. The van der Waals surface area contributed by atoms with Crippen molar-refractivity contribution in [3.63, 3.8) is 0 Å². The van der Waals surface area contributed by atoms with E-state index in [0.29, 0.717) is 29.0 Å². The molecule has 3 aliphatic rings. The van der Waals surface area contributed by atoms with Gasteiger partial charge < -0.3 is 16.0 Å². The Labute approximate surface area is 235 Å². The first kappa shape index (κ1) is 25.2. The minimum Gasteiger partial charge on any atom is -0.382 e. The van der Waals surface area contributed by atoms with Crippen LogP contribution in [-0.4, -0.2) is 49.8 Å². The van der Waals surface area contributed by atoms with E-state index in [0.717, 1.165) is 41.5 Å². The van der Waals surface area contributed by atoms with Crippen LogP contribution in [0.1, 0.15) is 84.9 Å². The van der Waals surface area contributed by atoms with Crippen LogP contribution in [0.5, 0.6) is 0 Å². The van der Waals surface area contributed by atoms with Gasteiger partial charge in [0.25, 0.3) is 5.91 Å². The molecule has 0 radical (unpaired) electrons. The monoisotopic (exact) mass is 535 g/mol. The number of likely N-dealkylation sites (tertiary alicyclic amines) is 1. The summed E-state index contributed by atoms with van der Waals surface area (Å²) in [5.41, 5.74) is 10.8. The van der Waals surface area contributed by atoms with E-state index in [1.54, 1.807) is 12.4 Å². The number of nitrogens with one attached hydrogen (secondary N) is 1. The molecule has 0 bridgehead atoms. The Balaban J connectivity index is 1.13. The molecule has 7 rings (SSSR count). The first-order valence-corrected chi connectivity index (χ1v) is 14.8. The van der Waals surface area contributed by atoms with E-state index >= 15 is 0 Å². The van der Waals surface area contributed by atoms with E-state index in [1.165, 1.54) is 63.6 Å². The number of aromatic nitrogens is 4. The van der Waals surface area contributed by atoms with Gasteiger partial charge in [-0.05, 0) is 86.7 Å². The number of rotatable bonds is 7. The van der Waals surface area contributed by atoms with Gasteiger partial charge in [-0.15, -0.1) is 0 Å². The van der Waals surface area contributed by atoms with Crippen molar-refractivity contribution in [3.05, 3.63) is 71.9 Å². The highest BCUT2D eigenvalue weighted by atomic mass is 16.1. The molecule has 3 fully saturated rings. The zero-order valence-corrected chi connectivity index (χ0v) is 22.9. The Bertz CT molecular complexity index is 1520. The molecule has 2 saturated carbocycles. The van der Waals surface area contributed by atoms with E-state index in [4.69, 9.17) is 10.7 Å². The minimum absolute atomic E-state index is 0.173. The number of imidazole rings is 1. The third-order valence-electron chi connectivity index (χ3n) is 8.97. The quantitative estimate of drug-likeness (QED) is 0.307. The summed E-state index contributed by atoms with van der Waals surface area (Å²) in [6.07, 6.45) is 15.8. The summed E-state index contributed by atoms with van der Waals surface area (Å²) in [6.45, 7) is 3.42. The van der Waals surface area contributed by atoms with Crippen LogP contribution < -0.4 is 11.1 Å². The summed E-state index contributed by atoms with van der Waals surface area (Å²) in [7, 11) is 0. The molecule has 0 unspecified atom stereocenters. The van der Waals surface area contributed by atoms with E-state index in [2.05, 4.69) is 24.6 Å². The number of piperidine rings is 1. The molecule has 1 aromatic carbocycles. The first-order valence-electron chi connectivity index (χ1n) is 14.8. The van der Waals surface area contributed by atoms with Crippen molar-refractivity contribution >= 4 is 23.1 Å². The maximum absolute atomic E-state index is 13.0. The maximum Gasteiger partial charge on any atom is 0.256 e. The first-order chi connectivity index (χ1) is 19.6. The Morgan fingerprint density at radius 2 is 1.77 bits per heavy atom. The summed E-state index contributed by atoms with van der Waals surface area (Å²) in [4.78, 5) is 29.5. The predicted molar refractivity (Wildman–Crippen MR) is 157 cm³/mol. The van der Waals surface area contributed by atoms with Crippen molar-refractivity contribution in [3.8, 4) is 11.3 Å². The molecule has 3 N–H and O–H groups in total. The molecule has 4 aromatic rings. The van der Waals surface area contributed by atoms with Crippen molar-refractivity contribution in [2.75, 3.05) is 30.7 Å². The molecule has 3 aromatic heterocycles. The highest BCUT2D eigenvalue weighted by Gasteiger charge is 2.29. The highest BCUT2D eigenvalue weighted by molar-refractivity contribution is 6.04. The van der Waals surface area contributed by atoms with Gasteiger partial charge in [-0.25, -0.2) is 15.0 Å². The molecule has 1 aliphatic heterocycles. The van der Waals surface area contributed by atoms with Crippen LogP contribution in [0.25, 0.3) is 16.8 Å². The molecule has 2 aliphatic carbocycles. The van der Waals surface area contributed by atoms with Crippen molar-refractivity contribution in [1.82, 2.24) is 24.3 Å². The number of nitrogens with zero attached hydrogens (tertiary/aromatic N) is 5. The van der Waals surface area contributed by atoms with Crippen LogP contribution in [0.15, 0.2) is 55.0 Å². The number of hydrogen-bond acceptors (Lipinski definition) is 6. The normalized spacial score (nSPS) is 20.2. The fraction of sp³-hybridized carbons (Fsp3) is 0.438. The number of nitrogen functional groups attached to an aromatic ring is 1. The number of carbonyl (C=O) groups is 1. The molecular weight excluding hydrogens is 498 g/mol. The zero-order chi connectivity index (χ0) is 27.1. The van der Waals surface area contributed by atoms with Gasteiger partial charge in [0.2, 0.25) is 0 Å². The largest absolute Gasteiger partial charge is 0.382 e. The second-order valence-corrected chi connectivity index (χ2v) is 11.9. The van der Waals surface area contributed by atoms with Gasteiger partial charge >= 0.3 is 0 Å². The summed E-state index contributed by atoms with van der Waals surface area (Å²) in [6, 6.07) is 11.6. The van der Waals surface area contributed by atoms with Gasteiger partial charge in [0.1, 0.15) is 28.7 Å². The second-order valence-electron chi connectivity index (χ2n) is 11.9. The van der Waals surface area contributed by atoms with Gasteiger partial charge in [-0.3, -0.25) is 9.20 Å². The van der Waals surface area contributed by atoms with Gasteiger partial charge in [0.15, 0.2) is 0 Å². The molecule has 8 nitrogen and oxygen atoms in total. The average molecular weight is 536 g/mol. The number of anilines is 2. The summed E-state index contributed by atoms with van der Waals surface area (Å²) < 4.78 is 2.14. The third-order valence-corrected chi connectivity index (χ3v) is 8.97. The molecule has 40 heavy (non-hydrogen) atoms. The van der Waals surface area contributed by atoms with Gasteiger partial charge in [0, 0.05) is 48.7 Å². The van der Waals surface area contributed by atoms with Crippen LogP contribution >= 0.6 is 0 Å². The van der Waals surface area contributed by atoms with Crippen LogP contribution in [-0.2, 0) is 0 Å². The topological polar surface area (TPSA) is 101 Å². The van der Waals surface area contributed by atoms with Gasteiger partial charge in [0.05, 0.1) is 0 Å². The predicted octanol–water partition coefficient (Wildman–Crippen LogP) is 5.87. The number of fused-ring (bicyclic) bond motifs is 1. The molecule has 8 heteroatoms. The number of nitrogens with two attached hydrogens (primary N) is 1. The SMILES string of the molecule is Nc1nccn2c([C@@H]3CCCN(CC4CCCC4)C3)nc(-c3ccc(C(=O)Nc4cc(C5CC5)ccn4)cc3)c12. The van der Waals surface area contributed by atoms with Crippen molar-refractivity contribution in [2.24, 2.45) is 5.92 Å². The maximum atomic E-state index is 13.0. The Hall–Kier alpha value is -3.78. The molecule has 1 amide bonds.